The fourth-order valence-electron chi connectivity index (χ4n) is 1.12. The molecule has 1 aromatic carbocycles. The summed E-state index contributed by atoms with van der Waals surface area (Å²) in [5, 5.41) is 11.5. The summed E-state index contributed by atoms with van der Waals surface area (Å²) in [4.78, 5) is 22.1. The highest BCUT2D eigenvalue weighted by Crippen LogP contribution is 2.12. The first-order valence-corrected chi connectivity index (χ1v) is 4.91. The van der Waals surface area contributed by atoms with Crippen LogP contribution in [-0.4, -0.2) is 18.4 Å². The molecule has 0 radical (unpaired) electrons. The van der Waals surface area contributed by atoms with E-state index in [2.05, 4.69) is 4.74 Å². The Bertz CT molecular complexity index is 465. The van der Waals surface area contributed by atoms with E-state index in [1.165, 1.54) is 25.1 Å². The number of hydrogen-bond donors (Lipinski definition) is 0. The molecule has 0 atom stereocenters. The normalized spacial score (nSPS) is 11.1. The minimum Gasteiger partial charge on any atom is -0.872 e. The minimum atomic E-state index is -1.13. The summed E-state index contributed by atoms with van der Waals surface area (Å²) in [6, 6.07) is 5.20. The van der Waals surface area contributed by atoms with Gasteiger partial charge in [0.25, 0.3) is 5.78 Å². The first-order chi connectivity index (χ1) is 8.06. The zero-order valence-electron chi connectivity index (χ0n) is 9.10. The monoisotopic (exact) mass is 237 g/mol. The molecule has 90 valence electrons. The predicted octanol–water partition coefficient (Wildman–Crippen LogP) is 0.659. The number of carbonyl (C=O) groups excluding carboxylic acids is 2. The Morgan fingerprint density at radius 1 is 1.41 bits per heavy atom. The minimum absolute atomic E-state index is 0.0340. The summed E-state index contributed by atoms with van der Waals surface area (Å²) in [5.41, 5.74) is -0.259. The second kappa shape index (κ2) is 5.79. The van der Waals surface area contributed by atoms with E-state index in [-0.39, 0.29) is 12.2 Å². The molecule has 0 bridgehead atoms. The molecule has 0 saturated carbocycles. The number of ether oxygens (including phenoxy) is 1. The van der Waals surface area contributed by atoms with E-state index in [1.807, 2.05) is 0 Å². The molecule has 0 aliphatic heterocycles. The molecule has 0 heterocycles. The number of esters is 1. The second-order valence-corrected chi connectivity index (χ2v) is 3.07. The SMILES string of the molecule is CCOC(=O)C(=O)/C=C(\[O-])c1ccccc1F. The average molecular weight is 237 g/mol. The van der Waals surface area contributed by atoms with Crippen molar-refractivity contribution in [3.05, 3.63) is 41.7 Å². The Labute approximate surface area is 97.3 Å². The third kappa shape index (κ3) is 3.41. The quantitative estimate of drug-likeness (QED) is 0.334. The van der Waals surface area contributed by atoms with Crippen LogP contribution >= 0.6 is 0 Å². The number of carbonyl (C=O) groups is 2. The lowest BCUT2D eigenvalue weighted by molar-refractivity contribution is -0.244. The Morgan fingerprint density at radius 3 is 2.65 bits per heavy atom. The van der Waals surface area contributed by atoms with Gasteiger partial charge in [0.15, 0.2) is 0 Å². The van der Waals surface area contributed by atoms with Gasteiger partial charge in [0, 0.05) is 5.56 Å². The summed E-state index contributed by atoms with van der Waals surface area (Å²) in [5.74, 6) is -3.83. The van der Waals surface area contributed by atoms with Crippen molar-refractivity contribution in [1.29, 1.82) is 0 Å². The molecule has 1 aromatic rings. The molecule has 1 rings (SSSR count). The van der Waals surface area contributed by atoms with Crippen molar-refractivity contribution in [1.82, 2.24) is 0 Å². The molecule has 0 aliphatic carbocycles. The lowest BCUT2D eigenvalue weighted by atomic mass is 10.1. The molecule has 5 heteroatoms. The number of benzene rings is 1. The lowest BCUT2D eigenvalue weighted by Gasteiger charge is -2.12. The highest BCUT2D eigenvalue weighted by atomic mass is 19.1. The van der Waals surface area contributed by atoms with Gasteiger partial charge in [-0.1, -0.05) is 24.0 Å². The van der Waals surface area contributed by atoms with Gasteiger partial charge in [0.2, 0.25) is 0 Å². The highest BCUT2D eigenvalue weighted by Gasteiger charge is 2.11. The summed E-state index contributed by atoms with van der Waals surface area (Å²) >= 11 is 0. The molecule has 0 unspecified atom stereocenters. The maximum absolute atomic E-state index is 13.2. The van der Waals surface area contributed by atoms with E-state index in [0.717, 1.165) is 6.07 Å². The number of rotatable bonds is 4. The summed E-state index contributed by atoms with van der Waals surface area (Å²) in [7, 11) is 0. The second-order valence-electron chi connectivity index (χ2n) is 3.07. The first-order valence-electron chi connectivity index (χ1n) is 4.91. The zero-order valence-corrected chi connectivity index (χ0v) is 9.10. The highest BCUT2D eigenvalue weighted by molar-refractivity contribution is 6.39. The van der Waals surface area contributed by atoms with E-state index in [4.69, 9.17) is 0 Å². The maximum atomic E-state index is 13.2. The molecule has 4 nitrogen and oxygen atoms in total. The van der Waals surface area contributed by atoms with E-state index >= 15 is 0 Å². The number of hydrogen-bond acceptors (Lipinski definition) is 4. The Morgan fingerprint density at radius 2 is 2.06 bits per heavy atom. The Kier molecular flexibility index (Phi) is 4.39. The van der Waals surface area contributed by atoms with Crippen LogP contribution < -0.4 is 5.11 Å². The number of ketones is 1. The molecule has 0 fully saturated rings. The smallest absolute Gasteiger partial charge is 0.378 e. The fraction of sp³-hybridized carbons (Fsp3) is 0.167. The van der Waals surface area contributed by atoms with Crippen LogP contribution in [0.3, 0.4) is 0 Å². The van der Waals surface area contributed by atoms with Gasteiger partial charge >= 0.3 is 5.97 Å². The average Bonchev–Trinajstić information content (AvgIpc) is 2.29. The topological polar surface area (TPSA) is 66.4 Å². The van der Waals surface area contributed by atoms with Crippen LogP contribution in [0.4, 0.5) is 4.39 Å². The standard InChI is InChI=1S/C12H11FO4/c1-2-17-12(16)11(15)7-10(14)8-5-3-4-6-9(8)13/h3-7,14H,2H2,1H3/p-1/b10-7-. The van der Waals surface area contributed by atoms with Gasteiger partial charge in [-0.2, -0.15) is 0 Å². The summed E-state index contributed by atoms with van der Waals surface area (Å²) in [6.45, 7) is 1.57. The van der Waals surface area contributed by atoms with E-state index < -0.39 is 23.3 Å². The van der Waals surface area contributed by atoms with Crippen LogP contribution in [0.25, 0.3) is 5.76 Å². The van der Waals surface area contributed by atoms with Gasteiger partial charge in [-0.05, 0) is 19.1 Å². The van der Waals surface area contributed by atoms with E-state index in [1.54, 1.807) is 0 Å². The molecule has 0 amide bonds. The van der Waals surface area contributed by atoms with E-state index in [0.29, 0.717) is 6.08 Å². The van der Waals surface area contributed by atoms with Crippen LogP contribution in [0.15, 0.2) is 30.3 Å². The van der Waals surface area contributed by atoms with Crippen molar-refractivity contribution in [2.45, 2.75) is 6.92 Å². The molecule has 0 aromatic heterocycles. The maximum Gasteiger partial charge on any atom is 0.378 e. The van der Waals surface area contributed by atoms with Crippen molar-refractivity contribution in [2.24, 2.45) is 0 Å². The van der Waals surface area contributed by atoms with Crippen LogP contribution in [0.5, 0.6) is 0 Å². The van der Waals surface area contributed by atoms with Crippen LogP contribution in [0.2, 0.25) is 0 Å². The molecular formula is C12H10FO4-. The number of halogens is 1. The van der Waals surface area contributed by atoms with Gasteiger partial charge in [-0.3, -0.25) is 4.79 Å². The predicted molar refractivity (Wildman–Crippen MR) is 56.0 cm³/mol. The van der Waals surface area contributed by atoms with Crippen LogP contribution in [-0.2, 0) is 14.3 Å². The fourth-order valence-corrected chi connectivity index (χ4v) is 1.12. The molecule has 0 saturated heterocycles. The van der Waals surface area contributed by atoms with Crippen molar-refractivity contribution in [3.63, 3.8) is 0 Å². The van der Waals surface area contributed by atoms with Gasteiger partial charge in [0.1, 0.15) is 5.82 Å². The molecule has 0 spiro atoms. The van der Waals surface area contributed by atoms with E-state index in [9.17, 15) is 19.1 Å². The zero-order chi connectivity index (χ0) is 12.8. The molecule has 0 aliphatic rings. The summed E-state index contributed by atoms with van der Waals surface area (Å²) < 4.78 is 17.6. The van der Waals surface area contributed by atoms with Crippen molar-refractivity contribution in [2.75, 3.05) is 6.61 Å². The van der Waals surface area contributed by atoms with Gasteiger partial charge in [-0.15, -0.1) is 0 Å². The largest absolute Gasteiger partial charge is 0.872 e. The van der Waals surface area contributed by atoms with Gasteiger partial charge in [0.05, 0.1) is 6.61 Å². The van der Waals surface area contributed by atoms with Crippen molar-refractivity contribution >= 4 is 17.5 Å². The molecule has 17 heavy (non-hydrogen) atoms. The molecular weight excluding hydrogens is 227 g/mol. The molecule has 0 N–H and O–H groups in total. The third-order valence-corrected chi connectivity index (χ3v) is 1.88. The third-order valence-electron chi connectivity index (χ3n) is 1.88. The van der Waals surface area contributed by atoms with Crippen LogP contribution in [0, 0.1) is 5.82 Å². The Balaban J connectivity index is 2.90. The lowest BCUT2D eigenvalue weighted by Crippen LogP contribution is -2.17. The van der Waals surface area contributed by atoms with Crippen LogP contribution in [0.1, 0.15) is 12.5 Å². The van der Waals surface area contributed by atoms with Gasteiger partial charge in [-0.25, -0.2) is 9.18 Å². The van der Waals surface area contributed by atoms with Crippen molar-refractivity contribution in [3.8, 4) is 0 Å². The van der Waals surface area contributed by atoms with Crippen molar-refractivity contribution < 1.29 is 23.8 Å². The van der Waals surface area contributed by atoms with Gasteiger partial charge < -0.3 is 9.84 Å². The Hall–Kier alpha value is -2.17. The first kappa shape index (κ1) is 12.9. The summed E-state index contributed by atoms with van der Waals surface area (Å²) in [6.07, 6.45) is 0.524.